The van der Waals surface area contributed by atoms with E-state index in [9.17, 15) is 4.79 Å². The van der Waals surface area contributed by atoms with Crippen LogP contribution in [-0.4, -0.2) is 41.3 Å². The number of nitrogens with one attached hydrogen (secondary N) is 1. The number of urea groups is 1. The Bertz CT molecular complexity index is 866. The SMILES string of the molecule is COCCCN(C(=O)NCc1noc2ccccc12)C(C)c1ccncc1. The molecular formula is C20H24N4O3. The van der Waals surface area contributed by atoms with Gasteiger partial charge in [0.2, 0.25) is 0 Å². The number of hydrogen-bond donors (Lipinski definition) is 1. The van der Waals surface area contributed by atoms with Gasteiger partial charge in [-0.15, -0.1) is 0 Å². The monoisotopic (exact) mass is 368 g/mol. The number of rotatable bonds is 8. The van der Waals surface area contributed by atoms with Crippen LogP contribution in [0.5, 0.6) is 0 Å². The summed E-state index contributed by atoms with van der Waals surface area (Å²) in [6.07, 6.45) is 4.23. The molecular weight excluding hydrogens is 344 g/mol. The molecule has 0 aliphatic heterocycles. The molecule has 0 saturated carbocycles. The maximum atomic E-state index is 12.9. The zero-order valence-corrected chi connectivity index (χ0v) is 15.6. The zero-order chi connectivity index (χ0) is 19.1. The highest BCUT2D eigenvalue weighted by molar-refractivity contribution is 5.80. The Balaban J connectivity index is 1.70. The minimum absolute atomic E-state index is 0.0843. The molecule has 1 atom stereocenters. The number of carbonyl (C=O) groups is 1. The fraction of sp³-hybridized carbons (Fsp3) is 0.350. The van der Waals surface area contributed by atoms with Crippen LogP contribution in [0.4, 0.5) is 4.79 Å². The van der Waals surface area contributed by atoms with Crippen molar-refractivity contribution in [2.45, 2.75) is 25.9 Å². The number of ether oxygens (including phenoxy) is 1. The third kappa shape index (κ3) is 4.62. The first-order chi connectivity index (χ1) is 13.2. The number of benzene rings is 1. The predicted molar refractivity (Wildman–Crippen MR) is 102 cm³/mol. The predicted octanol–water partition coefficient (Wildman–Crippen LogP) is 3.53. The molecule has 0 aliphatic rings. The lowest BCUT2D eigenvalue weighted by molar-refractivity contribution is 0.153. The molecule has 27 heavy (non-hydrogen) atoms. The molecule has 3 rings (SSSR count). The van der Waals surface area contributed by atoms with Gasteiger partial charge in [0.25, 0.3) is 0 Å². The van der Waals surface area contributed by atoms with Crippen LogP contribution in [0.15, 0.2) is 53.3 Å². The van der Waals surface area contributed by atoms with Crippen molar-refractivity contribution in [3.8, 4) is 0 Å². The third-order valence-electron chi connectivity index (χ3n) is 4.52. The summed E-state index contributed by atoms with van der Waals surface area (Å²) >= 11 is 0. The number of nitrogens with zero attached hydrogens (tertiary/aromatic N) is 3. The van der Waals surface area contributed by atoms with Gasteiger partial charge in [-0.1, -0.05) is 17.3 Å². The Labute approximate surface area is 158 Å². The van der Waals surface area contributed by atoms with Gasteiger partial charge in [-0.25, -0.2) is 4.79 Å². The first-order valence-corrected chi connectivity index (χ1v) is 8.97. The first kappa shape index (κ1) is 18.8. The lowest BCUT2D eigenvalue weighted by Crippen LogP contribution is -2.42. The van der Waals surface area contributed by atoms with Crippen LogP contribution in [0.1, 0.15) is 30.6 Å². The fourth-order valence-corrected chi connectivity index (χ4v) is 3.00. The summed E-state index contributed by atoms with van der Waals surface area (Å²) in [5.74, 6) is 0. The zero-order valence-electron chi connectivity index (χ0n) is 15.6. The van der Waals surface area contributed by atoms with Crippen molar-refractivity contribution < 1.29 is 14.1 Å². The van der Waals surface area contributed by atoms with Crippen molar-refractivity contribution in [3.05, 3.63) is 60.0 Å². The van der Waals surface area contributed by atoms with Gasteiger partial charge in [0.15, 0.2) is 5.58 Å². The van der Waals surface area contributed by atoms with E-state index in [1.165, 1.54) is 0 Å². The Morgan fingerprint density at radius 1 is 1.26 bits per heavy atom. The average Bonchev–Trinajstić information content (AvgIpc) is 3.13. The van der Waals surface area contributed by atoms with Crippen molar-refractivity contribution in [1.29, 1.82) is 0 Å². The van der Waals surface area contributed by atoms with Gasteiger partial charge >= 0.3 is 6.03 Å². The molecule has 2 heterocycles. The van der Waals surface area contributed by atoms with Crippen molar-refractivity contribution in [2.75, 3.05) is 20.3 Å². The molecule has 0 saturated heterocycles. The van der Waals surface area contributed by atoms with E-state index < -0.39 is 0 Å². The molecule has 1 unspecified atom stereocenters. The van der Waals surface area contributed by atoms with Crippen LogP contribution in [-0.2, 0) is 11.3 Å². The number of amides is 2. The summed E-state index contributed by atoms with van der Waals surface area (Å²) in [7, 11) is 1.66. The van der Waals surface area contributed by atoms with Crippen LogP contribution in [0.2, 0.25) is 0 Å². The van der Waals surface area contributed by atoms with E-state index in [1.807, 2.05) is 43.3 Å². The Kier molecular flexibility index (Phi) is 6.38. The Morgan fingerprint density at radius 2 is 2.04 bits per heavy atom. The summed E-state index contributed by atoms with van der Waals surface area (Å²) in [5.41, 5.74) is 2.46. The number of pyridine rings is 1. The molecule has 2 aromatic heterocycles. The van der Waals surface area contributed by atoms with Gasteiger partial charge in [-0.3, -0.25) is 4.98 Å². The standard InChI is InChI=1S/C20H24N4O3/c1-15(16-8-10-21-11-9-16)24(12-5-13-26-2)20(25)22-14-18-17-6-3-4-7-19(17)27-23-18/h3-4,6-11,15H,5,12-14H2,1-2H3,(H,22,25). The van der Waals surface area contributed by atoms with Crippen LogP contribution < -0.4 is 5.32 Å². The number of hydrogen-bond acceptors (Lipinski definition) is 5. The number of aromatic nitrogens is 2. The van der Waals surface area contributed by atoms with E-state index in [1.54, 1.807) is 24.4 Å². The fourth-order valence-electron chi connectivity index (χ4n) is 3.00. The number of fused-ring (bicyclic) bond motifs is 1. The molecule has 1 N–H and O–H groups in total. The minimum atomic E-state index is -0.150. The van der Waals surface area contributed by atoms with Gasteiger partial charge in [-0.2, -0.15) is 0 Å². The van der Waals surface area contributed by atoms with E-state index in [-0.39, 0.29) is 12.1 Å². The van der Waals surface area contributed by atoms with Crippen LogP contribution in [0, 0.1) is 0 Å². The van der Waals surface area contributed by atoms with Crippen LogP contribution in [0.3, 0.4) is 0 Å². The van der Waals surface area contributed by atoms with Crippen molar-refractivity contribution in [3.63, 3.8) is 0 Å². The van der Waals surface area contributed by atoms with Gasteiger partial charge in [0.05, 0.1) is 12.6 Å². The second-order valence-electron chi connectivity index (χ2n) is 6.28. The van der Waals surface area contributed by atoms with Gasteiger partial charge in [0.1, 0.15) is 5.69 Å². The maximum absolute atomic E-state index is 12.9. The van der Waals surface area contributed by atoms with Gasteiger partial charge < -0.3 is 19.5 Å². The summed E-state index contributed by atoms with van der Waals surface area (Å²) in [6.45, 7) is 3.50. The van der Waals surface area contributed by atoms with E-state index in [2.05, 4.69) is 15.5 Å². The van der Waals surface area contributed by atoms with Gasteiger partial charge in [-0.05, 0) is 43.2 Å². The number of para-hydroxylation sites is 1. The number of methoxy groups -OCH3 is 1. The highest BCUT2D eigenvalue weighted by Crippen LogP contribution is 2.21. The summed E-state index contributed by atoms with van der Waals surface area (Å²) in [6, 6.07) is 11.2. The molecule has 2 amide bonds. The normalized spacial score (nSPS) is 12.1. The van der Waals surface area contributed by atoms with E-state index in [0.717, 1.165) is 17.4 Å². The molecule has 3 aromatic rings. The minimum Gasteiger partial charge on any atom is -0.385 e. The molecule has 7 nitrogen and oxygen atoms in total. The summed E-state index contributed by atoms with van der Waals surface area (Å²) in [4.78, 5) is 18.7. The molecule has 0 aliphatic carbocycles. The lowest BCUT2D eigenvalue weighted by atomic mass is 10.1. The highest BCUT2D eigenvalue weighted by atomic mass is 16.5. The molecule has 0 fully saturated rings. The summed E-state index contributed by atoms with van der Waals surface area (Å²) < 4.78 is 10.4. The topological polar surface area (TPSA) is 80.5 Å². The van der Waals surface area contributed by atoms with E-state index in [4.69, 9.17) is 9.26 Å². The molecule has 142 valence electrons. The lowest BCUT2D eigenvalue weighted by Gasteiger charge is -2.29. The largest absolute Gasteiger partial charge is 0.385 e. The van der Waals surface area contributed by atoms with Crippen LogP contribution in [0.25, 0.3) is 11.0 Å². The van der Waals surface area contributed by atoms with Crippen molar-refractivity contribution in [2.24, 2.45) is 0 Å². The molecule has 0 spiro atoms. The maximum Gasteiger partial charge on any atom is 0.318 e. The van der Waals surface area contributed by atoms with E-state index >= 15 is 0 Å². The molecule has 1 aromatic carbocycles. The Morgan fingerprint density at radius 3 is 2.81 bits per heavy atom. The quantitative estimate of drug-likeness (QED) is 0.615. The van der Waals surface area contributed by atoms with Crippen molar-refractivity contribution in [1.82, 2.24) is 20.4 Å². The van der Waals surface area contributed by atoms with Crippen LogP contribution >= 0.6 is 0 Å². The third-order valence-corrected chi connectivity index (χ3v) is 4.52. The molecule has 7 heteroatoms. The Hall–Kier alpha value is -2.93. The second-order valence-corrected chi connectivity index (χ2v) is 6.28. The van der Waals surface area contributed by atoms with E-state index in [0.29, 0.717) is 31.0 Å². The number of carbonyl (C=O) groups excluding carboxylic acids is 1. The highest BCUT2D eigenvalue weighted by Gasteiger charge is 2.21. The second kappa shape index (κ2) is 9.14. The molecule has 0 radical (unpaired) electrons. The molecule has 0 bridgehead atoms. The summed E-state index contributed by atoms with van der Waals surface area (Å²) in [5, 5.41) is 7.94. The van der Waals surface area contributed by atoms with Gasteiger partial charge in [0, 0.05) is 38.0 Å². The first-order valence-electron chi connectivity index (χ1n) is 8.97. The van der Waals surface area contributed by atoms with Crippen molar-refractivity contribution >= 4 is 17.0 Å². The smallest absolute Gasteiger partial charge is 0.318 e. The average molecular weight is 368 g/mol.